The molecule has 0 amide bonds. The normalized spacial score (nSPS) is 15.6. The lowest BCUT2D eigenvalue weighted by molar-refractivity contribution is 0.414. The largest absolute Gasteiger partial charge is 0.361 e. The van der Waals surface area contributed by atoms with Gasteiger partial charge in [0.25, 0.3) is 0 Å². The number of rotatable bonds is 6. The number of hydrogen-bond acceptors (Lipinski definition) is 3. The molecule has 0 unspecified atom stereocenters. The third kappa shape index (κ3) is 5.06. The summed E-state index contributed by atoms with van der Waals surface area (Å²) in [6.45, 7) is 6.31. The number of hydrogen-bond donors (Lipinski definition) is 1. The van der Waals surface area contributed by atoms with E-state index in [1.807, 2.05) is 38.2 Å². The van der Waals surface area contributed by atoms with Crippen LogP contribution in [0.2, 0.25) is 0 Å². The van der Waals surface area contributed by atoms with Gasteiger partial charge in [-0.1, -0.05) is 19.9 Å². The third-order valence-electron chi connectivity index (χ3n) is 4.47. The standard InChI is InChI=1S/C17H25N3O2S.C2H6/c1-19(2)10-7-15-12-18-17-6-5-14(11-16(15)17)13-23(21,22)20-8-3-4-9-20;1-2/h5-6,11-12,18H,3-4,7-10,13H2,1-2H3;1-2H3. The van der Waals surface area contributed by atoms with Crippen LogP contribution >= 0.6 is 0 Å². The molecule has 140 valence electrons. The van der Waals surface area contributed by atoms with Crippen molar-refractivity contribution in [2.45, 2.75) is 38.9 Å². The number of likely N-dealkylation sites (N-methyl/N-ethyl adjacent to an activating group) is 1. The van der Waals surface area contributed by atoms with Gasteiger partial charge >= 0.3 is 0 Å². The molecule has 0 radical (unpaired) electrons. The minimum Gasteiger partial charge on any atom is -0.361 e. The molecule has 1 aliphatic heterocycles. The molecule has 1 saturated heterocycles. The van der Waals surface area contributed by atoms with Crippen LogP contribution in [0.3, 0.4) is 0 Å². The average molecular weight is 366 g/mol. The smallest absolute Gasteiger partial charge is 0.218 e. The minimum atomic E-state index is -3.19. The molecule has 1 N–H and O–H groups in total. The van der Waals surface area contributed by atoms with Crippen LogP contribution in [-0.2, 0) is 22.2 Å². The Hall–Kier alpha value is -1.37. The molecule has 2 heterocycles. The number of fused-ring (bicyclic) bond motifs is 1. The molecule has 0 spiro atoms. The number of sulfonamides is 1. The first-order valence-corrected chi connectivity index (χ1v) is 10.8. The number of nitrogens with zero attached hydrogens (tertiary/aromatic N) is 2. The van der Waals surface area contributed by atoms with Crippen LogP contribution in [0, 0.1) is 0 Å². The van der Waals surface area contributed by atoms with Crippen molar-refractivity contribution < 1.29 is 8.42 Å². The van der Waals surface area contributed by atoms with E-state index in [9.17, 15) is 8.42 Å². The van der Waals surface area contributed by atoms with Gasteiger partial charge < -0.3 is 9.88 Å². The van der Waals surface area contributed by atoms with E-state index < -0.39 is 10.0 Å². The summed E-state index contributed by atoms with van der Waals surface area (Å²) in [7, 11) is 0.928. The molecule has 3 rings (SSSR count). The molecule has 0 saturated carbocycles. The Morgan fingerprint density at radius 2 is 1.84 bits per heavy atom. The van der Waals surface area contributed by atoms with E-state index in [4.69, 9.17) is 0 Å². The zero-order valence-corrected chi connectivity index (χ0v) is 16.7. The van der Waals surface area contributed by atoms with Crippen LogP contribution in [0.15, 0.2) is 24.4 Å². The fourth-order valence-corrected chi connectivity index (χ4v) is 4.73. The van der Waals surface area contributed by atoms with E-state index in [1.165, 1.54) is 5.56 Å². The minimum absolute atomic E-state index is 0.0985. The average Bonchev–Trinajstić information content (AvgIpc) is 3.24. The van der Waals surface area contributed by atoms with E-state index in [2.05, 4.69) is 24.0 Å². The Morgan fingerprint density at radius 3 is 2.48 bits per heavy atom. The highest BCUT2D eigenvalue weighted by Crippen LogP contribution is 2.23. The van der Waals surface area contributed by atoms with Gasteiger partial charge in [0.15, 0.2) is 0 Å². The van der Waals surface area contributed by atoms with Crippen LogP contribution in [0.25, 0.3) is 10.9 Å². The number of aromatic amines is 1. The molecular formula is C19H31N3O2S. The first-order valence-electron chi connectivity index (χ1n) is 9.17. The van der Waals surface area contributed by atoms with Gasteiger partial charge in [-0.25, -0.2) is 12.7 Å². The van der Waals surface area contributed by atoms with Crippen molar-refractivity contribution in [2.75, 3.05) is 33.7 Å². The van der Waals surface area contributed by atoms with Crippen molar-refractivity contribution in [1.29, 1.82) is 0 Å². The van der Waals surface area contributed by atoms with Gasteiger partial charge in [0, 0.05) is 36.7 Å². The fraction of sp³-hybridized carbons (Fsp3) is 0.579. The first-order chi connectivity index (χ1) is 12.0. The number of benzene rings is 1. The lowest BCUT2D eigenvalue weighted by atomic mass is 10.1. The number of H-pyrrole nitrogens is 1. The zero-order chi connectivity index (χ0) is 18.4. The van der Waals surface area contributed by atoms with Gasteiger partial charge in [0.05, 0.1) is 5.75 Å². The quantitative estimate of drug-likeness (QED) is 0.855. The molecule has 0 bridgehead atoms. The van der Waals surface area contributed by atoms with E-state index in [1.54, 1.807) is 4.31 Å². The second-order valence-electron chi connectivity index (χ2n) is 6.61. The highest BCUT2D eigenvalue weighted by molar-refractivity contribution is 7.88. The molecule has 1 aromatic carbocycles. The van der Waals surface area contributed by atoms with Crippen LogP contribution in [-0.4, -0.2) is 56.3 Å². The van der Waals surface area contributed by atoms with Crippen molar-refractivity contribution in [2.24, 2.45) is 0 Å². The topological polar surface area (TPSA) is 56.4 Å². The number of aromatic nitrogens is 1. The first kappa shape index (κ1) is 19.9. The molecule has 6 heteroatoms. The number of nitrogens with one attached hydrogen (secondary N) is 1. The van der Waals surface area contributed by atoms with Gasteiger partial charge in [-0.05, 0) is 56.6 Å². The van der Waals surface area contributed by atoms with Gasteiger partial charge in [0.1, 0.15) is 0 Å². The molecule has 25 heavy (non-hydrogen) atoms. The van der Waals surface area contributed by atoms with Crippen LogP contribution in [0.5, 0.6) is 0 Å². The molecule has 0 atom stereocenters. The van der Waals surface area contributed by atoms with Gasteiger partial charge in [-0.15, -0.1) is 0 Å². The Kier molecular flexibility index (Phi) is 7.04. The van der Waals surface area contributed by atoms with E-state index >= 15 is 0 Å². The summed E-state index contributed by atoms with van der Waals surface area (Å²) in [5, 5.41) is 1.14. The molecule has 1 fully saturated rings. The molecule has 0 aliphatic carbocycles. The Morgan fingerprint density at radius 1 is 1.16 bits per heavy atom. The highest BCUT2D eigenvalue weighted by Gasteiger charge is 2.25. The summed E-state index contributed by atoms with van der Waals surface area (Å²) in [5.74, 6) is 0.0985. The van der Waals surface area contributed by atoms with Crippen molar-refractivity contribution in [1.82, 2.24) is 14.2 Å². The molecular weight excluding hydrogens is 334 g/mol. The Labute approximate surface area is 152 Å². The molecule has 5 nitrogen and oxygen atoms in total. The maximum absolute atomic E-state index is 12.5. The van der Waals surface area contributed by atoms with Crippen LogP contribution in [0.4, 0.5) is 0 Å². The molecule has 1 aromatic heterocycles. The summed E-state index contributed by atoms with van der Waals surface area (Å²) in [5.41, 5.74) is 3.19. The van der Waals surface area contributed by atoms with Gasteiger partial charge in [-0.3, -0.25) is 0 Å². The van der Waals surface area contributed by atoms with Crippen molar-refractivity contribution in [3.8, 4) is 0 Å². The monoisotopic (exact) mass is 365 g/mol. The van der Waals surface area contributed by atoms with Gasteiger partial charge in [0.2, 0.25) is 10.0 Å². The van der Waals surface area contributed by atoms with E-state index in [-0.39, 0.29) is 5.75 Å². The second kappa shape index (κ2) is 8.83. The Bertz CT molecular complexity index is 775. The highest BCUT2D eigenvalue weighted by atomic mass is 32.2. The maximum Gasteiger partial charge on any atom is 0.218 e. The Balaban J connectivity index is 0.00000109. The molecule has 2 aromatic rings. The SMILES string of the molecule is CC.CN(C)CCc1c[nH]c2ccc(CS(=O)(=O)N3CCCC3)cc12. The summed E-state index contributed by atoms with van der Waals surface area (Å²) in [6.07, 6.45) is 4.94. The van der Waals surface area contributed by atoms with Crippen molar-refractivity contribution in [3.05, 3.63) is 35.5 Å². The summed E-state index contributed by atoms with van der Waals surface area (Å²) >= 11 is 0. The third-order valence-corrected chi connectivity index (χ3v) is 6.32. The second-order valence-corrected chi connectivity index (χ2v) is 8.58. The molecule has 1 aliphatic rings. The lowest BCUT2D eigenvalue weighted by Crippen LogP contribution is -2.29. The van der Waals surface area contributed by atoms with Gasteiger partial charge in [-0.2, -0.15) is 0 Å². The summed E-state index contributed by atoms with van der Waals surface area (Å²) < 4.78 is 26.6. The predicted molar refractivity (Wildman–Crippen MR) is 105 cm³/mol. The van der Waals surface area contributed by atoms with Crippen molar-refractivity contribution >= 4 is 20.9 Å². The maximum atomic E-state index is 12.5. The van der Waals surface area contributed by atoms with E-state index in [0.717, 1.165) is 42.3 Å². The van der Waals surface area contributed by atoms with Crippen molar-refractivity contribution in [3.63, 3.8) is 0 Å². The summed E-state index contributed by atoms with van der Waals surface area (Å²) in [6, 6.07) is 5.94. The van der Waals surface area contributed by atoms with Crippen LogP contribution < -0.4 is 0 Å². The van der Waals surface area contributed by atoms with Crippen LogP contribution in [0.1, 0.15) is 37.8 Å². The fourth-order valence-electron chi connectivity index (χ4n) is 3.13. The van der Waals surface area contributed by atoms with E-state index in [0.29, 0.717) is 13.1 Å². The zero-order valence-electron chi connectivity index (χ0n) is 15.9. The summed E-state index contributed by atoms with van der Waals surface area (Å²) in [4.78, 5) is 5.43. The predicted octanol–water partition coefficient (Wildman–Crippen LogP) is 3.22. The lowest BCUT2D eigenvalue weighted by Gasteiger charge is -2.15.